The fourth-order valence-electron chi connectivity index (χ4n) is 2.54. The van der Waals surface area contributed by atoms with Crippen LogP contribution < -0.4 is 4.80 Å². The van der Waals surface area contributed by atoms with Crippen molar-refractivity contribution in [1.29, 1.82) is 0 Å². The first-order valence-electron chi connectivity index (χ1n) is 7.69. The molecule has 3 aromatic rings. The van der Waals surface area contributed by atoms with E-state index in [1.165, 1.54) is 4.88 Å². The van der Waals surface area contributed by atoms with E-state index in [9.17, 15) is 4.79 Å². The lowest BCUT2D eigenvalue weighted by atomic mass is 10.1. The first kappa shape index (κ1) is 16.9. The fraction of sp³-hybridized carbons (Fsp3) is 0.158. The molecule has 0 saturated heterocycles. The van der Waals surface area contributed by atoms with Crippen LogP contribution in [0.3, 0.4) is 0 Å². The van der Waals surface area contributed by atoms with Gasteiger partial charge in [0, 0.05) is 22.0 Å². The highest BCUT2D eigenvalue weighted by Gasteiger charge is 2.13. The summed E-state index contributed by atoms with van der Waals surface area (Å²) in [5.41, 5.74) is 2.86. The van der Waals surface area contributed by atoms with E-state index in [4.69, 9.17) is 0 Å². The molecule has 0 aliphatic heterocycles. The summed E-state index contributed by atoms with van der Waals surface area (Å²) in [5, 5.41) is 0. The Morgan fingerprint density at radius 2 is 1.79 bits per heavy atom. The number of thiazole rings is 1. The van der Waals surface area contributed by atoms with Gasteiger partial charge in [0.1, 0.15) is 0 Å². The molecule has 0 N–H and O–H groups in total. The molecule has 3 rings (SSSR count). The monoisotopic (exact) mass is 400 g/mol. The lowest BCUT2D eigenvalue weighted by Gasteiger charge is -2.05. The van der Waals surface area contributed by atoms with Crippen LogP contribution in [0.1, 0.15) is 22.2 Å². The van der Waals surface area contributed by atoms with Gasteiger partial charge in [-0.25, -0.2) is 0 Å². The van der Waals surface area contributed by atoms with Crippen molar-refractivity contribution in [2.45, 2.75) is 13.3 Å². The van der Waals surface area contributed by atoms with Crippen molar-refractivity contribution in [3.8, 4) is 11.3 Å². The summed E-state index contributed by atoms with van der Waals surface area (Å²) in [6.45, 7) is 2.12. The second kappa shape index (κ2) is 7.28. The van der Waals surface area contributed by atoms with Gasteiger partial charge in [0.25, 0.3) is 5.91 Å². The maximum Gasteiger partial charge on any atom is 0.279 e. The van der Waals surface area contributed by atoms with Gasteiger partial charge in [-0.3, -0.25) is 4.79 Å². The molecule has 0 unspecified atom stereocenters. The third-order valence-electron chi connectivity index (χ3n) is 3.76. The molecule has 0 spiro atoms. The Morgan fingerprint density at radius 1 is 1.12 bits per heavy atom. The molecule has 122 valence electrons. The topological polar surface area (TPSA) is 34.4 Å². The van der Waals surface area contributed by atoms with Crippen LogP contribution in [0.15, 0.2) is 64.1 Å². The lowest BCUT2D eigenvalue weighted by Crippen LogP contribution is -2.14. The fourth-order valence-corrected chi connectivity index (χ4v) is 3.88. The third kappa shape index (κ3) is 3.42. The first-order valence-corrected chi connectivity index (χ1v) is 9.30. The van der Waals surface area contributed by atoms with Crippen LogP contribution in [-0.4, -0.2) is 10.5 Å². The number of hydrogen-bond acceptors (Lipinski definition) is 2. The van der Waals surface area contributed by atoms with Gasteiger partial charge in [-0.15, -0.1) is 11.3 Å². The Balaban J connectivity index is 2.07. The number of nitrogens with zero attached hydrogens (tertiary/aromatic N) is 2. The summed E-state index contributed by atoms with van der Waals surface area (Å²) >= 11 is 4.95. The van der Waals surface area contributed by atoms with Crippen LogP contribution in [0.5, 0.6) is 0 Å². The number of carbonyl (C=O) groups excluding carboxylic acids is 1. The molecule has 1 amide bonds. The zero-order chi connectivity index (χ0) is 17.1. The highest BCUT2D eigenvalue weighted by molar-refractivity contribution is 9.10. The summed E-state index contributed by atoms with van der Waals surface area (Å²) < 4.78 is 2.95. The minimum Gasteiger partial charge on any atom is -0.319 e. The molecule has 0 bridgehead atoms. The van der Waals surface area contributed by atoms with Gasteiger partial charge in [0.15, 0.2) is 4.80 Å². The van der Waals surface area contributed by atoms with Gasteiger partial charge in [0.2, 0.25) is 0 Å². The normalized spacial score (nSPS) is 11.7. The number of carbonyl (C=O) groups is 1. The van der Waals surface area contributed by atoms with E-state index in [0.717, 1.165) is 27.0 Å². The minimum atomic E-state index is -0.221. The third-order valence-corrected chi connectivity index (χ3v) is 5.56. The van der Waals surface area contributed by atoms with Gasteiger partial charge >= 0.3 is 0 Å². The summed E-state index contributed by atoms with van der Waals surface area (Å²) in [7, 11) is 1.96. The summed E-state index contributed by atoms with van der Waals surface area (Å²) in [4.78, 5) is 18.7. The van der Waals surface area contributed by atoms with Crippen molar-refractivity contribution < 1.29 is 4.79 Å². The lowest BCUT2D eigenvalue weighted by molar-refractivity contribution is 0.0998. The SMILES string of the molecule is CCc1sc(=NC(=O)c2ccc(Br)cc2)n(C)c1-c1ccccc1. The van der Waals surface area contributed by atoms with Crippen molar-refractivity contribution in [1.82, 2.24) is 4.57 Å². The summed E-state index contributed by atoms with van der Waals surface area (Å²) in [6, 6.07) is 17.5. The molecule has 24 heavy (non-hydrogen) atoms. The standard InChI is InChI=1S/C19H17BrN2OS/c1-3-16-17(13-7-5-4-6-8-13)22(2)19(24-16)21-18(23)14-9-11-15(20)12-10-14/h4-12H,3H2,1-2H3. The molecule has 0 aliphatic rings. The van der Waals surface area contributed by atoms with E-state index in [2.05, 4.69) is 40.0 Å². The van der Waals surface area contributed by atoms with Crippen molar-refractivity contribution in [2.75, 3.05) is 0 Å². The number of amides is 1. The molecule has 2 aromatic carbocycles. The predicted octanol–water partition coefficient (Wildman–Crippen LogP) is 4.82. The van der Waals surface area contributed by atoms with E-state index in [1.54, 1.807) is 23.5 Å². The van der Waals surface area contributed by atoms with Crippen LogP contribution in [0.4, 0.5) is 0 Å². The number of aromatic nitrogens is 1. The Labute approximate surface area is 153 Å². The molecule has 5 heteroatoms. The summed E-state index contributed by atoms with van der Waals surface area (Å²) in [5.74, 6) is -0.221. The molecule has 3 nitrogen and oxygen atoms in total. The number of hydrogen-bond donors (Lipinski definition) is 0. The average molecular weight is 401 g/mol. The smallest absolute Gasteiger partial charge is 0.279 e. The van der Waals surface area contributed by atoms with E-state index in [-0.39, 0.29) is 5.91 Å². The maximum atomic E-state index is 12.4. The van der Waals surface area contributed by atoms with E-state index in [1.807, 2.05) is 41.9 Å². The van der Waals surface area contributed by atoms with Crippen molar-refractivity contribution in [2.24, 2.45) is 12.0 Å². The second-order valence-corrected chi connectivity index (χ2v) is 7.34. The Kier molecular flexibility index (Phi) is 5.11. The van der Waals surface area contributed by atoms with Crippen LogP contribution >= 0.6 is 27.3 Å². The number of halogens is 1. The highest BCUT2D eigenvalue weighted by Crippen LogP contribution is 2.25. The van der Waals surface area contributed by atoms with Crippen molar-refractivity contribution in [3.05, 3.63) is 74.3 Å². The van der Waals surface area contributed by atoms with Gasteiger partial charge in [-0.2, -0.15) is 4.99 Å². The molecule has 0 radical (unpaired) electrons. The Bertz CT molecular complexity index is 924. The number of rotatable bonds is 3. The quantitative estimate of drug-likeness (QED) is 0.620. The number of aryl methyl sites for hydroxylation is 1. The van der Waals surface area contributed by atoms with Crippen molar-refractivity contribution in [3.63, 3.8) is 0 Å². The van der Waals surface area contributed by atoms with Crippen LogP contribution in [0.2, 0.25) is 0 Å². The first-order chi connectivity index (χ1) is 11.6. The molecule has 0 saturated carbocycles. The predicted molar refractivity (Wildman–Crippen MR) is 102 cm³/mol. The van der Waals surface area contributed by atoms with Crippen LogP contribution in [-0.2, 0) is 13.5 Å². The second-order valence-electron chi connectivity index (χ2n) is 5.36. The number of benzene rings is 2. The van der Waals surface area contributed by atoms with Crippen LogP contribution in [0, 0.1) is 0 Å². The van der Waals surface area contributed by atoms with E-state index in [0.29, 0.717) is 5.56 Å². The van der Waals surface area contributed by atoms with Gasteiger partial charge in [-0.05, 0) is 36.2 Å². The minimum absolute atomic E-state index is 0.221. The zero-order valence-corrected chi connectivity index (χ0v) is 15.9. The van der Waals surface area contributed by atoms with Crippen LogP contribution in [0.25, 0.3) is 11.3 Å². The molecule has 0 fully saturated rings. The highest BCUT2D eigenvalue weighted by atomic mass is 79.9. The zero-order valence-electron chi connectivity index (χ0n) is 13.5. The van der Waals surface area contributed by atoms with E-state index < -0.39 is 0 Å². The maximum absolute atomic E-state index is 12.4. The largest absolute Gasteiger partial charge is 0.319 e. The molecule has 0 aliphatic carbocycles. The summed E-state index contributed by atoms with van der Waals surface area (Å²) in [6.07, 6.45) is 0.907. The average Bonchev–Trinajstić information content (AvgIpc) is 2.92. The molecule has 1 aromatic heterocycles. The molecule has 0 atom stereocenters. The molecular formula is C19H17BrN2OS. The molecular weight excluding hydrogens is 384 g/mol. The van der Waals surface area contributed by atoms with Gasteiger partial charge in [0.05, 0.1) is 5.69 Å². The molecule has 1 heterocycles. The van der Waals surface area contributed by atoms with Gasteiger partial charge < -0.3 is 4.57 Å². The Morgan fingerprint density at radius 3 is 2.42 bits per heavy atom. The van der Waals surface area contributed by atoms with Crippen molar-refractivity contribution >= 4 is 33.2 Å². The van der Waals surface area contributed by atoms with E-state index >= 15 is 0 Å². The van der Waals surface area contributed by atoms with Gasteiger partial charge in [-0.1, -0.05) is 53.2 Å². The Hall–Kier alpha value is -1.98.